The molecule has 1 aliphatic carbocycles. The molecule has 0 atom stereocenters. The summed E-state index contributed by atoms with van der Waals surface area (Å²) < 4.78 is 24.6. The molecule has 5 aromatic rings. The number of carbonyl (C=O) groups is 1. The number of imidazole rings is 1. The summed E-state index contributed by atoms with van der Waals surface area (Å²) >= 11 is 2.94. The number of fused-ring (bicyclic) bond motifs is 2. The number of aromatic nitrogens is 3. The molecule has 43 heavy (non-hydrogen) atoms. The fourth-order valence-electron chi connectivity index (χ4n) is 4.57. The second-order valence-electron chi connectivity index (χ2n) is 10.3. The summed E-state index contributed by atoms with van der Waals surface area (Å²) in [6, 6.07) is 13.3. The number of rotatable bonds is 13. The molecule has 0 N–H and O–H groups in total. The highest BCUT2D eigenvalue weighted by atomic mass is 32.2. The Hall–Kier alpha value is -4.29. The van der Waals surface area contributed by atoms with E-state index in [4.69, 9.17) is 18.6 Å². The van der Waals surface area contributed by atoms with E-state index in [9.17, 15) is 4.79 Å². The summed E-state index contributed by atoms with van der Waals surface area (Å²) in [6.45, 7) is 4.76. The summed E-state index contributed by atoms with van der Waals surface area (Å²) in [5.74, 6) is 3.25. The van der Waals surface area contributed by atoms with E-state index in [0.29, 0.717) is 55.9 Å². The average molecular weight is 618 g/mol. The first-order valence-corrected chi connectivity index (χ1v) is 15.6. The maximum atomic E-state index is 12.6. The summed E-state index contributed by atoms with van der Waals surface area (Å²) in [5.41, 5.74) is 3.77. The van der Waals surface area contributed by atoms with Crippen molar-refractivity contribution >= 4 is 51.7 Å². The third-order valence-corrected chi connectivity index (χ3v) is 8.91. The Bertz CT molecular complexity index is 1770. The minimum absolute atomic E-state index is 0.0695. The largest absolute Gasteiger partial charge is 0.496 e. The van der Waals surface area contributed by atoms with E-state index in [2.05, 4.69) is 21.8 Å². The van der Waals surface area contributed by atoms with E-state index in [1.165, 1.54) is 24.2 Å². The minimum Gasteiger partial charge on any atom is -0.496 e. The predicted molar refractivity (Wildman–Crippen MR) is 170 cm³/mol. The van der Waals surface area contributed by atoms with Crippen molar-refractivity contribution in [2.75, 3.05) is 34.4 Å². The molecule has 0 bridgehead atoms. The highest BCUT2D eigenvalue weighted by Crippen LogP contribution is 2.37. The summed E-state index contributed by atoms with van der Waals surface area (Å²) in [5, 5.41) is 7.59. The van der Waals surface area contributed by atoms with Crippen LogP contribution in [-0.2, 0) is 5.75 Å². The van der Waals surface area contributed by atoms with Crippen molar-refractivity contribution in [3.8, 4) is 28.1 Å². The lowest BCUT2D eigenvalue weighted by Crippen LogP contribution is -2.28. The third kappa shape index (κ3) is 6.55. The van der Waals surface area contributed by atoms with Crippen LogP contribution in [0.1, 0.15) is 28.8 Å². The standard InChI is InChI=1S/C31H31N5O5S2/c1-32-22(18-42-17-20-7-9-21(10-8-20)29(37)35(2)14-19-5-6-19)16-40-26-11-23(38-3)12-27-24(26)13-28(41-27)25-15-36-30(33-25)43-31(34-36)39-4/h7-13,15,18-19H,1,5-6,14,16-17H2,2-4H3/b22-18-. The van der Waals surface area contributed by atoms with Crippen molar-refractivity contribution < 1.29 is 23.4 Å². The number of aliphatic imine (C=N–C) groups is 1. The third-order valence-electron chi connectivity index (χ3n) is 7.08. The zero-order chi connectivity index (χ0) is 29.9. The molecular formula is C31H31N5O5S2. The number of nitrogens with zero attached hydrogens (tertiary/aromatic N) is 5. The SMILES string of the molecule is C=N/C(=C\SCc1ccc(C(=O)N(C)CC2CC2)cc1)COc1cc(OC)cc2oc(-c3cn4nc(OC)sc4n3)cc12. The predicted octanol–water partition coefficient (Wildman–Crippen LogP) is 6.56. The van der Waals surface area contributed by atoms with Crippen LogP contribution >= 0.6 is 23.1 Å². The number of thioether (sulfide) groups is 1. The minimum atomic E-state index is 0.0695. The summed E-state index contributed by atoms with van der Waals surface area (Å²) in [7, 11) is 5.05. The second-order valence-corrected chi connectivity index (χ2v) is 12.0. The van der Waals surface area contributed by atoms with Crippen molar-refractivity contribution in [3.05, 3.63) is 70.9 Å². The molecule has 12 heteroatoms. The van der Waals surface area contributed by atoms with Crippen LogP contribution in [0.4, 0.5) is 0 Å². The Morgan fingerprint density at radius 3 is 2.74 bits per heavy atom. The van der Waals surface area contributed by atoms with Crippen molar-refractivity contribution in [3.63, 3.8) is 0 Å². The van der Waals surface area contributed by atoms with Crippen LogP contribution in [0, 0.1) is 5.92 Å². The molecule has 10 nitrogen and oxygen atoms in total. The molecule has 0 saturated heterocycles. The fraction of sp³-hybridized carbons (Fsp3) is 0.290. The maximum Gasteiger partial charge on any atom is 0.294 e. The Morgan fingerprint density at radius 2 is 2.05 bits per heavy atom. The van der Waals surface area contributed by atoms with Crippen LogP contribution in [0.2, 0.25) is 0 Å². The molecule has 0 aliphatic heterocycles. The number of hydrogen-bond donors (Lipinski definition) is 0. The van der Waals surface area contributed by atoms with E-state index in [1.54, 1.807) is 36.7 Å². The zero-order valence-electron chi connectivity index (χ0n) is 24.1. The van der Waals surface area contributed by atoms with Gasteiger partial charge in [0.25, 0.3) is 11.1 Å². The van der Waals surface area contributed by atoms with E-state index in [0.717, 1.165) is 23.2 Å². The Balaban J connectivity index is 1.11. The number of benzene rings is 2. The van der Waals surface area contributed by atoms with Crippen LogP contribution in [0.3, 0.4) is 0 Å². The van der Waals surface area contributed by atoms with Gasteiger partial charge in [0, 0.05) is 37.0 Å². The van der Waals surface area contributed by atoms with Gasteiger partial charge in [0.2, 0.25) is 4.96 Å². The van der Waals surface area contributed by atoms with E-state index in [1.807, 2.05) is 59.8 Å². The highest BCUT2D eigenvalue weighted by molar-refractivity contribution is 8.01. The Kier molecular flexibility index (Phi) is 8.39. The molecule has 1 fully saturated rings. The van der Waals surface area contributed by atoms with Gasteiger partial charge in [-0.3, -0.25) is 9.79 Å². The van der Waals surface area contributed by atoms with E-state index < -0.39 is 0 Å². The van der Waals surface area contributed by atoms with Crippen molar-refractivity contribution in [1.82, 2.24) is 19.5 Å². The van der Waals surface area contributed by atoms with Crippen LogP contribution in [-0.4, -0.2) is 66.5 Å². The fourth-order valence-corrected chi connectivity index (χ4v) is 6.07. The van der Waals surface area contributed by atoms with Crippen molar-refractivity contribution in [2.45, 2.75) is 18.6 Å². The maximum absolute atomic E-state index is 12.6. The Morgan fingerprint density at radius 1 is 1.23 bits per heavy atom. The number of furan rings is 1. The monoisotopic (exact) mass is 617 g/mol. The number of amides is 1. The lowest BCUT2D eigenvalue weighted by molar-refractivity contribution is 0.0788. The molecule has 1 aliphatic rings. The molecular weight excluding hydrogens is 587 g/mol. The van der Waals surface area contributed by atoms with Gasteiger partial charge in [0.1, 0.15) is 29.4 Å². The molecule has 0 spiro atoms. The normalized spacial score (nSPS) is 13.4. The lowest BCUT2D eigenvalue weighted by atomic mass is 10.1. The molecule has 1 saturated carbocycles. The first kappa shape index (κ1) is 28.8. The second kappa shape index (κ2) is 12.5. The van der Waals surface area contributed by atoms with Gasteiger partial charge >= 0.3 is 0 Å². The van der Waals surface area contributed by atoms with Crippen LogP contribution in [0.25, 0.3) is 27.4 Å². The molecule has 222 valence electrons. The molecule has 6 rings (SSSR count). The van der Waals surface area contributed by atoms with Crippen molar-refractivity contribution in [2.24, 2.45) is 10.9 Å². The van der Waals surface area contributed by atoms with Gasteiger partial charge < -0.3 is 23.5 Å². The van der Waals surface area contributed by atoms with Gasteiger partial charge in [-0.15, -0.1) is 16.9 Å². The first-order valence-electron chi connectivity index (χ1n) is 13.7. The topological polar surface area (TPSA) is 104 Å². The van der Waals surface area contributed by atoms with Gasteiger partial charge in [-0.05, 0) is 66.0 Å². The highest BCUT2D eigenvalue weighted by Gasteiger charge is 2.25. The molecule has 0 unspecified atom stereocenters. The van der Waals surface area contributed by atoms with Gasteiger partial charge in [0.15, 0.2) is 5.76 Å². The smallest absolute Gasteiger partial charge is 0.294 e. The van der Waals surface area contributed by atoms with Crippen LogP contribution in [0.5, 0.6) is 16.7 Å². The number of ether oxygens (including phenoxy) is 3. The number of methoxy groups -OCH3 is 2. The summed E-state index contributed by atoms with van der Waals surface area (Å²) in [4.78, 5) is 23.9. The zero-order valence-corrected chi connectivity index (χ0v) is 25.7. The summed E-state index contributed by atoms with van der Waals surface area (Å²) in [6.07, 6.45) is 4.24. The molecule has 3 heterocycles. The van der Waals surface area contributed by atoms with E-state index >= 15 is 0 Å². The van der Waals surface area contributed by atoms with Crippen LogP contribution in [0.15, 0.2) is 69.2 Å². The Labute approximate surface area is 257 Å². The van der Waals surface area contributed by atoms with Gasteiger partial charge in [0.05, 0.1) is 31.5 Å². The molecule has 1 amide bonds. The van der Waals surface area contributed by atoms with Gasteiger partial charge in [-0.25, -0.2) is 9.50 Å². The molecule has 2 aromatic carbocycles. The molecule has 3 aromatic heterocycles. The van der Waals surface area contributed by atoms with Crippen LogP contribution < -0.4 is 14.2 Å². The van der Waals surface area contributed by atoms with Gasteiger partial charge in [-0.1, -0.05) is 12.1 Å². The van der Waals surface area contributed by atoms with Crippen molar-refractivity contribution in [1.29, 1.82) is 0 Å². The number of carbonyl (C=O) groups excluding carboxylic acids is 1. The number of hydrogen-bond acceptors (Lipinski definition) is 10. The molecule has 0 radical (unpaired) electrons. The van der Waals surface area contributed by atoms with E-state index in [-0.39, 0.29) is 12.5 Å². The first-order chi connectivity index (χ1) is 20.9. The lowest BCUT2D eigenvalue weighted by Gasteiger charge is -2.16. The average Bonchev–Trinajstić information content (AvgIpc) is 3.40. The quantitative estimate of drug-likeness (QED) is 0.137. The van der Waals surface area contributed by atoms with Gasteiger partial charge in [-0.2, -0.15) is 0 Å².